The largest absolute Gasteiger partial charge is 0.447 e. The number of anilines is 2. The molecule has 1 aromatic carbocycles. The van der Waals surface area contributed by atoms with Gasteiger partial charge in [-0.25, -0.2) is 19.2 Å². The zero-order chi connectivity index (χ0) is 22.1. The van der Waals surface area contributed by atoms with Crippen LogP contribution >= 0.6 is 11.6 Å². The Kier molecular flexibility index (Phi) is 5.77. The molecule has 2 aromatic heterocycles. The van der Waals surface area contributed by atoms with Crippen molar-refractivity contribution in [2.45, 2.75) is 39.0 Å². The van der Waals surface area contributed by atoms with Gasteiger partial charge in [0.05, 0.1) is 11.7 Å². The highest BCUT2D eigenvalue weighted by atomic mass is 35.5. The molecule has 1 fully saturated rings. The Morgan fingerprint density at radius 3 is 2.68 bits per heavy atom. The first kappa shape index (κ1) is 21.0. The SMILES string of the molecule is Cc1nc([C@H](C)Nc2nccc(N3C(=O)OC[C@@H]3[C@@H](C)F)n2)cn1-c1ccc(Cl)cc1. The van der Waals surface area contributed by atoms with Crippen LogP contribution in [0.5, 0.6) is 0 Å². The number of aryl methyl sites for hydroxylation is 1. The van der Waals surface area contributed by atoms with E-state index in [4.69, 9.17) is 16.3 Å². The predicted octanol–water partition coefficient (Wildman–Crippen LogP) is 4.48. The summed E-state index contributed by atoms with van der Waals surface area (Å²) in [6, 6.07) is 8.11. The van der Waals surface area contributed by atoms with Crippen molar-refractivity contribution in [3.8, 4) is 5.69 Å². The molecule has 1 aliphatic rings. The number of ether oxygens (including phenoxy) is 1. The van der Waals surface area contributed by atoms with Gasteiger partial charge in [-0.3, -0.25) is 4.90 Å². The number of nitrogens with zero attached hydrogens (tertiary/aromatic N) is 5. The van der Waals surface area contributed by atoms with Gasteiger partial charge in [-0.15, -0.1) is 0 Å². The summed E-state index contributed by atoms with van der Waals surface area (Å²) in [6.45, 7) is 5.22. The van der Waals surface area contributed by atoms with E-state index in [9.17, 15) is 9.18 Å². The average Bonchev–Trinajstić information content (AvgIpc) is 3.32. The average molecular weight is 445 g/mol. The molecule has 1 N–H and O–H groups in total. The van der Waals surface area contributed by atoms with Gasteiger partial charge < -0.3 is 14.6 Å². The van der Waals surface area contributed by atoms with Gasteiger partial charge in [0.2, 0.25) is 5.95 Å². The second-order valence-electron chi connectivity index (χ2n) is 7.36. The summed E-state index contributed by atoms with van der Waals surface area (Å²) in [5, 5.41) is 3.86. The van der Waals surface area contributed by atoms with Crippen LogP contribution in [0, 0.1) is 6.92 Å². The van der Waals surface area contributed by atoms with Crippen LogP contribution in [0.2, 0.25) is 5.02 Å². The normalized spacial score (nSPS) is 18.0. The van der Waals surface area contributed by atoms with E-state index in [1.165, 1.54) is 18.0 Å². The summed E-state index contributed by atoms with van der Waals surface area (Å²) in [4.78, 5) is 26.5. The van der Waals surface area contributed by atoms with Crippen molar-refractivity contribution in [3.63, 3.8) is 0 Å². The van der Waals surface area contributed by atoms with Crippen molar-refractivity contribution < 1.29 is 13.9 Å². The number of aromatic nitrogens is 4. The zero-order valence-corrected chi connectivity index (χ0v) is 18.0. The van der Waals surface area contributed by atoms with E-state index in [1.807, 2.05) is 48.9 Å². The molecule has 0 spiro atoms. The van der Waals surface area contributed by atoms with Crippen molar-refractivity contribution in [2.24, 2.45) is 0 Å². The fraction of sp³-hybridized carbons (Fsp3) is 0.333. The van der Waals surface area contributed by atoms with E-state index < -0.39 is 18.3 Å². The Morgan fingerprint density at radius 2 is 1.97 bits per heavy atom. The Morgan fingerprint density at radius 1 is 1.23 bits per heavy atom. The molecule has 3 heterocycles. The molecule has 0 bridgehead atoms. The number of rotatable bonds is 6. The van der Waals surface area contributed by atoms with E-state index in [0.717, 1.165) is 17.2 Å². The molecule has 10 heteroatoms. The summed E-state index contributed by atoms with van der Waals surface area (Å²) < 4.78 is 20.9. The number of amides is 1. The van der Waals surface area contributed by atoms with Crippen LogP contribution in [-0.4, -0.2) is 44.4 Å². The van der Waals surface area contributed by atoms with Crippen molar-refractivity contribution in [1.82, 2.24) is 19.5 Å². The standard InChI is InChI=1S/C21H22ClFN6O2/c1-12(23)18-11-31-21(30)29(18)19-8-9-24-20(27-19)25-13(2)17-10-28(14(3)26-17)16-6-4-15(22)5-7-16/h4-10,12-13,18H,11H2,1-3H3,(H,24,25,27)/t12-,13+,18-/m1/s1. The van der Waals surface area contributed by atoms with Gasteiger partial charge in [0.1, 0.15) is 30.5 Å². The first-order chi connectivity index (χ1) is 14.8. The summed E-state index contributed by atoms with van der Waals surface area (Å²) in [7, 11) is 0. The molecule has 1 saturated heterocycles. The third-order valence-corrected chi connectivity index (χ3v) is 5.37. The smallest absolute Gasteiger partial charge is 0.416 e. The molecule has 3 aromatic rings. The van der Waals surface area contributed by atoms with Crippen molar-refractivity contribution in [3.05, 3.63) is 59.3 Å². The lowest BCUT2D eigenvalue weighted by molar-refractivity contribution is 0.174. The summed E-state index contributed by atoms with van der Waals surface area (Å²) in [5.41, 5.74) is 1.74. The maximum Gasteiger partial charge on any atom is 0.416 e. The topological polar surface area (TPSA) is 85.2 Å². The molecule has 0 aliphatic carbocycles. The molecular weight excluding hydrogens is 423 g/mol. The quantitative estimate of drug-likeness (QED) is 0.603. The van der Waals surface area contributed by atoms with E-state index in [1.54, 1.807) is 6.07 Å². The van der Waals surface area contributed by atoms with Crippen LogP contribution in [0.15, 0.2) is 42.7 Å². The van der Waals surface area contributed by atoms with Crippen LogP contribution in [-0.2, 0) is 4.74 Å². The maximum absolute atomic E-state index is 13.9. The highest BCUT2D eigenvalue weighted by molar-refractivity contribution is 6.30. The molecule has 4 rings (SSSR count). The fourth-order valence-electron chi connectivity index (χ4n) is 3.42. The highest BCUT2D eigenvalue weighted by Crippen LogP contribution is 2.26. The number of halogens is 2. The zero-order valence-electron chi connectivity index (χ0n) is 17.3. The fourth-order valence-corrected chi connectivity index (χ4v) is 3.55. The van der Waals surface area contributed by atoms with Gasteiger partial charge in [-0.2, -0.15) is 4.98 Å². The predicted molar refractivity (Wildman–Crippen MR) is 116 cm³/mol. The summed E-state index contributed by atoms with van der Waals surface area (Å²) in [5.74, 6) is 1.40. The third-order valence-electron chi connectivity index (χ3n) is 5.12. The van der Waals surface area contributed by atoms with Crippen molar-refractivity contribution in [2.75, 3.05) is 16.8 Å². The van der Waals surface area contributed by atoms with Crippen LogP contribution < -0.4 is 10.2 Å². The second kappa shape index (κ2) is 8.50. The number of cyclic esters (lactones) is 1. The van der Waals surface area contributed by atoms with Gasteiger partial charge in [0.25, 0.3) is 0 Å². The maximum atomic E-state index is 13.9. The third kappa shape index (κ3) is 4.32. The Hall–Kier alpha value is -3.20. The molecule has 3 atom stereocenters. The number of carbonyl (C=O) groups excluding carboxylic acids is 1. The van der Waals surface area contributed by atoms with E-state index in [2.05, 4.69) is 20.3 Å². The summed E-state index contributed by atoms with van der Waals surface area (Å²) >= 11 is 5.98. The molecule has 162 valence electrons. The molecule has 1 amide bonds. The number of hydrogen-bond donors (Lipinski definition) is 1. The van der Waals surface area contributed by atoms with Gasteiger partial charge in [-0.05, 0) is 51.1 Å². The molecule has 31 heavy (non-hydrogen) atoms. The van der Waals surface area contributed by atoms with Crippen molar-refractivity contribution >= 4 is 29.5 Å². The van der Waals surface area contributed by atoms with Crippen LogP contribution in [0.1, 0.15) is 31.4 Å². The lowest BCUT2D eigenvalue weighted by Crippen LogP contribution is -2.39. The number of alkyl halides is 1. The van der Waals surface area contributed by atoms with E-state index in [0.29, 0.717) is 11.0 Å². The molecular formula is C21H22ClFN6O2. The molecule has 0 saturated carbocycles. The van der Waals surface area contributed by atoms with E-state index in [-0.39, 0.29) is 18.5 Å². The molecule has 0 radical (unpaired) electrons. The lowest BCUT2D eigenvalue weighted by Gasteiger charge is -2.21. The Labute approximate surface area is 184 Å². The highest BCUT2D eigenvalue weighted by Gasteiger charge is 2.39. The van der Waals surface area contributed by atoms with E-state index >= 15 is 0 Å². The molecule has 8 nitrogen and oxygen atoms in total. The first-order valence-electron chi connectivity index (χ1n) is 9.85. The molecule has 1 aliphatic heterocycles. The molecule has 0 unspecified atom stereocenters. The number of benzene rings is 1. The number of nitrogens with one attached hydrogen (secondary N) is 1. The van der Waals surface area contributed by atoms with Crippen LogP contribution in [0.4, 0.5) is 21.0 Å². The summed E-state index contributed by atoms with van der Waals surface area (Å²) in [6.07, 6.45) is 1.57. The van der Waals surface area contributed by atoms with Gasteiger partial charge >= 0.3 is 6.09 Å². The minimum Gasteiger partial charge on any atom is -0.447 e. The van der Waals surface area contributed by atoms with Gasteiger partial charge in [0.15, 0.2) is 0 Å². The number of imidazole rings is 1. The van der Waals surface area contributed by atoms with Crippen molar-refractivity contribution in [1.29, 1.82) is 0 Å². The first-order valence-corrected chi connectivity index (χ1v) is 10.2. The number of hydrogen-bond acceptors (Lipinski definition) is 6. The van der Waals surface area contributed by atoms with Gasteiger partial charge in [0, 0.05) is 23.1 Å². The van der Waals surface area contributed by atoms with Gasteiger partial charge in [-0.1, -0.05) is 11.6 Å². The Balaban J connectivity index is 1.54. The lowest BCUT2D eigenvalue weighted by atomic mass is 10.2. The minimum absolute atomic E-state index is 0.0128. The van der Waals surface area contributed by atoms with Crippen LogP contribution in [0.25, 0.3) is 5.69 Å². The second-order valence-corrected chi connectivity index (χ2v) is 7.79. The Bertz CT molecular complexity index is 1090. The number of carbonyl (C=O) groups is 1. The minimum atomic E-state index is -1.25. The van der Waals surface area contributed by atoms with Crippen LogP contribution in [0.3, 0.4) is 0 Å². The monoisotopic (exact) mass is 444 g/mol.